The van der Waals surface area contributed by atoms with Crippen LogP contribution in [0, 0.1) is 5.41 Å². The molecule has 1 aromatic rings. The van der Waals surface area contributed by atoms with Crippen LogP contribution >= 0.6 is 0 Å². The fourth-order valence-corrected chi connectivity index (χ4v) is 4.02. The summed E-state index contributed by atoms with van der Waals surface area (Å²) in [5.74, 6) is -0.144. The monoisotopic (exact) mass is 299 g/mol. The van der Waals surface area contributed by atoms with Crippen molar-refractivity contribution < 1.29 is 9.53 Å². The van der Waals surface area contributed by atoms with Gasteiger partial charge in [-0.3, -0.25) is 4.90 Å². The summed E-state index contributed by atoms with van der Waals surface area (Å²) in [6.45, 7) is 1.96. The first-order valence-corrected chi connectivity index (χ1v) is 8.26. The Morgan fingerprint density at radius 2 is 2.05 bits per heavy atom. The molecule has 3 heteroatoms. The number of likely N-dealkylation sites (tertiary alicyclic amines) is 1. The van der Waals surface area contributed by atoms with Gasteiger partial charge in [0.15, 0.2) is 0 Å². The highest BCUT2D eigenvalue weighted by molar-refractivity contribution is 5.77. The first-order valence-electron chi connectivity index (χ1n) is 8.26. The maximum atomic E-state index is 12.4. The van der Waals surface area contributed by atoms with E-state index in [1.54, 1.807) is 0 Å². The van der Waals surface area contributed by atoms with Crippen molar-refractivity contribution in [1.82, 2.24) is 4.90 Å². The summed E-state index contributed by atoms with van der Waals surface area (Å²) in [7, 11) is 1.49. The minimum absolute atomic E-state index is 0.144. The van der Waals surface area contributed by atoms with Crippen LogP contribution in [0.15, 0.2) is 42.5 Å². The molecule has 22 heavy (non-hydrogen) atoms. The Hall–Kier alpha value is -1.61. The van der Waals surface area contributed by atoms with Crippen molar-refractivity contribution in [2.24, 2.45) is 5.41 Å². The summed E-state index contributed by atoms with van der Waals surface area (Å²) in [4.78, 5) is 14.7. The molecule has 1 aliphatic heterocycles. The topological polar surface area (TPSA) is 29.5 Å². The maximum Gasteiger partial charge on any atom is 0.327 e. The molecule has 1 aliphatic carbocycles. The Balaban J connectivity index is 1.84. The standard InChI is InChI=1S/C19H25NO2/c1-22-18(21)17(16-9-4-2-5-10-16)20-14-8-13-19(15-20)11-6-3-7-12-19/h2-6,9-10,17H,7-8,11-15H2,1H3/t17-,19-/m1/s1. The van der Waals surface area contributed by atoms with E-state index >= 15 is 0 Å². The van der Waals surface area contributed by atoms with Crippen molar-refractivity contribution >= 4 is 5.97 Å². The van der Waals surface area contributed by atoms with Crippen LogP contribution in [0.1, 0.15) is 43.7 Å². The molecule has 2 atom stereocenters. The van der Waals surface area contributed by atoms with Crippen molar-refractivity contribution in [2.45, 2.75) is 38.1 Å². The van der Waals surface area contributed by atoms with Crippen LogP contribution in [0.4, 0.5) is 0 Å². The molecule has 0 bridgehead atoms. The maximum absolute atomic E-state index is 12.4. The molecule has 118 valence electrons. The number of rotatable bonds is 3. The van der Waals surface area contributed by atoms with Gasteiger partial charge in [-0.1, -0.05) is 42.5 Å². The van der Waals surface area contributed by atoms with E-state index in [9.17, 15) is 4.79 Å². The van der Waals surface area contributed by atoms with Gasteiger partial charge in [0.1, 0.15) is 6.04 Å². The number of piperidine rings is 1. The molecule has 0 N–H and O–H groups in total. The third-order valence-corrected chi connectivity index (χ3v) is 5.15. The lowest BCUT2D eigenvalue weighted by atomic mass is 9.71. The number of benzene rings is 1. The molecule has 3 rings (SSSR count). The van der Waals surface area contributed by atoms with E-state index in [4.69, 9.17) is 4.74 Å². The average Bonchev–Trinajstić information content (AvgIpc) is 2.57. The largest absolute Gasteiger partial charge is 0.468 e. The lowest BCUT2D eigenvalue weighted by Crippen LogP contribution is -2.47. The van der Waals surface area contributed by atoms with Gasteiger partial charge in [-0.2, -0.15) is 0 Å². The zero-order chi connectivity index (χ0) is 15.4. The number of nitrogens with zero attached hydrogens (tertiary/aromatic N) is 1. The molecule has 3 nitrogen and oxygen atoms in total. The lowest BCUT2D eigenvalue weighted by Gasteiger charge is -2.46. The number of esters is 1. The Kier molecular flexibility index (Phi) is 4.63. The van der Waals surface area contributed by atoms with Crippen molar-refractivity contribution in [2.75, 3.05) is 20.2 Å². The van der Waals surface area contributed by atoms with Gasteiger partial charge in [-0.25, -0.2) is 4.79 Å². The first kappa shape index (κ1) is 15.3. The second-order valence-corrected chi connectivity index (χ2v) is 6.62. The third-order valence-electron chi connectivity index (χ3n) is 5.15. The number of carbonyl (C=O) groups is 1. The molecule has 0 unspecified atom stereocenters. The number of hydrogen-bond acceptors (Lipinski definition) is 3. The molecular formula is C19H25NO2. The van der Waals surface area contributed by atoms with Gasteiger partial charge in [0.05, 0.1) is 7.11 Å². The van der Waals surface area contributed by atoms with Crippen molar-refractivity contribution in [1.29, 1.82) is 0 Å². The number of methoxy groups -OCH3 is 1. The Bertz CT molecular complexity index is 540. The van der Waals surface area contributed by atoms with Crippen LogP contribution in [-0.2, 0) is 9.53 Å². The van der Waals surface area contributed by atoms with Gasteiger partial charge in [0, 0.05) is 6.54 Å². The fourth-order valence-electron chi connectivity index (χ4n) is 4.02. The second kappa shape index (κ2) is 6.66. The number of ether oxygens (including phenoxy) is 1. The minimum atomic E-state index is -0.269. The summed E-state index contributed by atoms with van der Waals surface area (Å²) >= 11 is 0. The number of allylic oxidation sites excluding steroid dienone is 2. The van der Waals surface area contributed by atoms with E-state index in [-0.39, 0.29) is 12.0 Å². The quantitative estimate of drug-likeness (QED) is 0.629. The zero-order valence-corrected chi connectivity index (χ0v) is 13.3. The summed E-state index contributed by atoms with van der Waals surface area (Å²) in [6.07, 6.45) is 10.6. The molecule has 1 spiro atoms. The summed E-state index contributed by atoms with van der Waals surface area (Å²) in [5, 5.41) is 0. The Labute approximate surface area is 133 Å². The van der Waals surface area contributed by atoms with Crippen LogP contribution in [0.25, 0.3) is 0 Å². The Morgan fingerprint density at radius 1 is 1.23 bits per heavy atom. The fraction of sp³-hybridized carbons (Fsp3) is 0.526. The predicted molar refractivity (Wildman–Crippen MR) is 87.4 cm³/mol. The highest BCUT2D eigenvalue weighted by Crippen LogP contribution is 2.43. The summed E-state index contributed by atoms with van der Waals surface area (Å²) in [5.41, 5.74) is 1.39. The molecule has 0 radical (unpaired) electrons. The van der Waals surface area contributed by atoms with E-state index in [0.717, 1.165) is 31.5 Å². The van der Waals surface area contributed by atoms with Gasteiger partial charge in [-0.15, -0.1) is 0 Å². The van der Waals surface area contributed by atoms with Gasteiger partial charge < -0.3 is 4.74 Å². The van der Waals surface area contributed by atoms with E-state index in [2.05, 4.69) is 17.1 Å². The van der Waals surface area contributed by atoms with Crippen molar-refractivity contribution in [3.8, 4) is 0 Å². The van der Waals surface area contributed by atoms with E-state index in [1.807, 2.05) is 30.3 Å². The van der Waals surface area contributed by atoms with E-state index < -0.39 is 0 Å². The first-order chi connectivity index (χ1) is 10.7. The molecule has 1 heterocycles. The average molecular weight is 299 g/mol. The van der Waals surface area contributed by atoms with Crippen LogP contribution in [0.3, 0.4) is 0 Å². The predicted octanol–water partition coefficient (Wildman–Crippen LogP) is 3.72. The van der Waals surface area contributed by atoms with Gasteiger partial charge >= 0.3 is 5.97 Å². The summed E-state index contributed by atoms with van der Waals surface area (Å²) in [6, 6.07) is 9.77. The minimum Gasteiger partial charge on any atom is -0.468 e. The molecular weight excluding hydrogens is 274 g/mol. The molecule has 2 aliphatic rings. The van der Waals surface area contributed by atoms with E-state index in [1.165, 1.54) is 26.4 Å². The molecule has 0 amide bonds. The molecule has 1 saturated heterocycles. The van der Waals surface area contributed by atoms with Crippen LogP contribution < -0.4 is 0 Å². The highest BCUT2D eigenvalue weighted by Gasteiger charge is 2.40. The number of carbonyl (C=O) groups excluding carboxylic acids is 1. The van der Waals surface area contributed by atoms with Crippen molar-refractivity contribution in [3.63, 3.8) is 0 Å². The summed E-state index contributed by atoms with van der Waals surface area (Å²) < 4.78 is 5.10. The van der Waals surface area contributed by atoms with Crippen LogP contribution in [0.5, 0.6) is 0 Å². The second-order valence-electron chi connectivity index (χ2n) is 6.62. The SMILES string of the molecule is COC(=O)[C@@H](c1ccccc1)N1CCC[C@]2(CC=CCC2)C1. The number of hydrogen-bond donors (Lipinski definition) is 0. The van der Waals surface area contributed by atoms with Crippen molar-refractivity contribution in [3.05, 3.63) is 48.0 Å². The smallest absolute Gasteiger partial charge is 0.327 e. The highest BCUT2D eigenvalue weighted by atomic mass is 16.5. The lowest BCUT2D eigenvalue weighted by molar-refractivity contribution is -0.149. The van der Waals surface area contributed by atoms with Gasteiger partial charge in [0.2, 0.25) is 0 Å². The molecule has 1 aromatic carbocycles. The van der Waals surface area contributed by atoms with Crippen LogP contribution in [-0.4, -0.2) is 31.1 Å². The molecule has 1 fully saturated rings. The zero-order valence-electron chi connectivity index (χ0n) is 13.3. The Morgan fingerprint density at radius 3 is 2.73 bits per heavy atom. The van der Waals surface area contributed by atoms with Crippen LogP contribution in [0.2, 0.25) is 0 Å². The molecule has 0 aromatic heterocycles. The molecule has 0 saturated carbocycles. The van der Waals surface area contributed by atoms with Gasteiger partial charge in [-0.05, 0) is 49.6 Å². The van der Waals surface area contributed by atoms with Gasteiger partial charge in [0.25, 0.3) is 0 Å². The van der Waals surface area contributed by atoms with E-state index in [0.29, 0.717) is 5.41 Å². The normalized spacial score (nSPS) is 26.8. The third kappa shape index (κ3) is 3.09.